The maximum absolute atomic E-state index is 13.3. The molecule has 1 aromatic carbocycles. The summed E-state index contributed by atoms with van der Waals surface area (Å²) in [6.45, 7) is 11.0. The molecule has 1 atom stereocenters. The molecule has 4 heterocycles. The first kappa shape index (κ1) is 33.9. The normalized spacial score (nSPS) is 22.7. The van der Waals surface area contributed by atoms with E-state index in [4.69, 9.17) is 14.6 Å². The van der Waals surface area contributed by atoms with Crippen LogP contribution in [0.1, 0.15) is 104 Å². The van der Waals surface area contributed by atoms with Gasteiger partial charge in [-0.05, 0) is 110 Å². The fraction of sp³-hybridized carbons (Fsp3) is 0.684. The van der Waals surface area contributed by atoms with Gasteiger partial charge in [-0.15, -0.1) is 0 Å². The van der Waals surface area contributed by atoms with Gasteiger partial charge in [0.1, 0.15) is 11.4 Å². The van der Waals surface area contributed by atoms with Gasteiger partial charge in [0, 0.05) is 67.1 Å². The van der Waals surface area contributed by atoms with Crippen molar-refractivity contribution in [1.82, 2.24) is 24.9 Å². The Balaban J connectivity index is 0.948. The van der Waals surface area contributed by atoms with Gasteiger partial charge < -0.3 is 24.6 Å². The molecule has 2 saturated carbocycles. The fourth-order valence-electron chi connectivity index (χ4n) is 7.71. The van der Waals surface area contributed by atoms with Gasteiger partial charge in [0.2, 0.25) is 11.8 Å². The van der Waals surface area contributed by atoms with E-state index in [1.165, 1.54) is 12.0 Å². The summed E-state index contributed by atoms with van der Waals surface area (Å²) in [4.78, 5) is 44.7. The van der Waals surface area contributed by atoms with Crippen molar-refractivity contribution in [1.29, 1.82) is 0 Å². The van der Waals surface area contributed by atoms with Crippen molar-refractivity contribution >= 4 is 23.6 Å². The minimum Gasteiger partial charge on any atom is -0.489 e. The van der Waals surface area contributed by atoms with Crippen LogP contribution in [-0.4, -0.2) is 94.0 Å². The molecule has 11 heteroatoms. The number of aromatic nitrogens is 2. The maximum atomic E-state index is 13.3. The second kappa shape index (κ2) is 14.0. The Morgan fingerprint density at radius 3 is 2.33 bits per heavy atom. The molecule has 0 unspecified atom stereocenters. The number of fused-ring (bicyclic) bond motifs is 1. The predicted octanol–water partition coefficient (Wildman–Crippen LogP) is 5.71. The van der Waals surface area contributed by atoms with Crippen molar-refractivity contribution < 1.29 is 23.9 Å². The number of carbonyl (C=O) groups excluding carboxylic acids is 3. The van der Waals surface area contributed by atoms with Gasteiger partial charge in [0.15, 0.2) is 0 Å². The van der Waals surface area contributed by atoms with Gasteiger partial charge in [-0.2, -0.15) is 5.10 Å². The van der Waals surface area contributed by atoms with Crippen LogP contribution in [0, 0.1) is 5.92 Å². The maximum Gasteiger partial charge on any atom is 0.410 e. The van der Waals surface area contributed by atoms with Crippen LogP contribution in [0.3, 0.4) is 0 Å². The van der Waals surface area contributed by atoms with Crippen molar-refractivity contribution in [2.75, 3.05) is 37.6 Å². The molecule has 0 radical (unpaired) electrons. The topological polar surface area (TPSA) is 109 Å². The third-order valence-corrected chi connectivity index (χ3v) is 11.0. The van der Waals surface area contributed by atoms with Crippen molar-refractivity contribution in [3.05, 3.63) is 30.1 Å². The fourth-order valence-corrected chi connectivity index (χ4v) is 7.71. The van der Waals surface area contributed by atoms with Crippen molar-refractivity contribution in [3.8, 4) is 16.9 Å². The van der Waals surface area contributed by atoms with Crippen molar-refractivity contribution in [3.63, 3.8) is 0 Å². The van der Waals surface area contributed by atoms with Gasteiger partial charge >= 0.3 is 6.09 Å². The summed E-state index contributed by atoms with van der Waals surface area (Å²) in [6, 6.07) is 4.83. The Morgan fingerprint density at radius 1 is 0.939 bits per heavy atom. The van der Waals surface area contributed by atoms with E-state index >= 15 is 0 Å². The predicted molar refractivity (Wildman–Crippen MR) is 188 cm³/mol. The molecule has 0 spiro atoms. The zero-order chi connectivity index (χ0) is 34.3. The molecule has 0 bridgehead atoms. The molecule has 3 amide bonds. The van der Waals surface area contributed by atoms with Gasteiger partial charge in [-0.3, -0.25) is 19.2 Å². The quantitative estimate of drug-likeness (QED) is 0.382. The Bertz CT molecular complexity index is 1530. The molecule has 49 heavy (non-hydrogen) atoms. The molecule has 4 fully saturated rings. The number of ether oxygens (including phenoxy) is 2. The van der Waals surface area contributed by atoms with Crippen LogP contribution < -0.4 is 15.0 Å². The molecule has 1 N–H and O–H groups in total. The molecular formula is C38H54N6O5. The highest BCUT2D eigenvalue weighted by molar-refractivity contribution is 5.99. The lowest BCUT2D eigenvalue weighted by atomic mass is 9.91. The van der Waals surface area contributed by atoms with Crippen LogP contribution in [-0.2, 0) is 20.7 Å². The SMILES string of the molecule is C[C@H]1CCc2c(ccc(-c3cnn(C4CCN(CC(=O)NC5CCN(C(=O)OC(C)(C)C)CC5)CC4)c3)c2OC2CCC2)N1C(=O)C1CC1. The number of nitrogens with one attached hydrogen (secondary N) is 1. The molecule has 7 rings (SSSR count). The number of likely N-dealkylation sites (tertiary alicyclic amines) is 2. The van der Waals surface area contributed by atoms with E-state index in [0.29, 0.717) is 19.6 Å². The zero-order valence-electron chi connectivity index (χ0n) is 29.8. The minimum atomic E-state index is -0.510. The van der Waals surface area contributed by atoms with E-state index in [-0.39, 0.29) is 48.1 Å². The molecule has 2 aliphatic carbocycles. The summed E-state index contributed by atoms with van der Waals surface area (Å²) in [5, 5.41) is 8.03. The summed E-state index contributed by atoms with van der Waals surface area (Å²) in [6.07, 6.45) is 14.6. The van der Waals surface area contributed by atoms with Crippen molar-refractivity contribution in [2.24, 2.45) is 5.92 Å². The van der Waals surface area contributed by atoms with E-state index in [2.05, 4.69) is 45.1 Å². The van der Waals surface area contributed by atoms with E-state index in [9.17, 15) is 14.4 Å². The molecule has 2 aromatic rings. The number of piperidine rings is 2. The van der Waals surface area contributed by atoms with Crippen molar-refractivity contribution in [2.45, 2.75) is 128 Å². The monoisotopic (exact) mass is 674 g/mol. The average molecular weight is 675 g/mol. The largest absolute Gasteiger partial charge is 0.489 e. The van der Waals surface area contributed by atoms with E-state index in [1.54, 1.807) is 4.90 Å². The first-order valence-corrected chi connectivity index (χ1v) is 18.7. The lowest BCUT2D eigenvalue weighted by molar-refractivity contribution is -0.123. The highest BCUT2D eigenvalue weighted by Gasteiger charge is 2.40. The number of carbonyl (C=O) groups is 3. The smallest absolute Gasteiger partial charge is 0.410 e. The lowest BCUT2D eigenvalue weighted by Crippen LogP contribution is -2.50. The third-order valence-electron chi connectivity index (χ3n) is 11.0. The van der Waals surface area contributed by atoms with E-state index < -0.39 is 5.60 Å². The van der Waals surface area contributed by atoms with Crippen LogP contribution in [0.2, 0.25) is 0 Å². The number of amides is 3. The average Bonchev–Trinajstić information content (AvgIpc) is 3.78. The molecule has 11 nitrogen and oxygen atoms in total. The van der Waals surface area contributed by atoms with Gasteiger partial charge in [0.05, 0.1) is 30.6 Å². The Hall–Kier alpha value is -3.60. The highest BCUT2D eigenvalue weighted by Crippen LogP contribution is 2.46. The molecule has 1 aromatic heterocycles. The number of rotatable bonds is 8. The number of anilines is 1. The molecule has 2 saturated heterocycles. The number of nitrogens with zero attached hydrogens (tertiary/aromatic N) is 5. The molecule has 5 aliphatic rings. The van der Waals surface area contributed by atoms with Crippen LogP contribution in [0.15, 0.2) is 24.5 Å². The molecule has 3 aliphatic heterocycles. The van der Waals surface area contributed by atoms with E-state index in [0.717, 1.165) is 99.9 Å². The summed E-state index contributed by atoms with van der Waals surface area (Å²) >= 11 is 0. The summed E-state index contributed by atoms with van der Waals surface area (Å²) in [5.74, 6) is 1.44. The molecular weight excluding hydrogens is 620 g/mol. The second-order valence-electron chi connectivity index (χ2n) is 16.0. The van der Waals surface area contributed by atoms with Crippen LogP contribution >= 0.6 is 0 Å². The Labute approximate surface area is 290 Å². The standard InChI is InChI=1S/C38H54N6O5/c1-25-8-11-32-33(44(25)36(46)26-9-10-26)13-12-31(35(32)48-30-6-5-7-30)27-22-39-43(23-27)29-16-18-41(19-17-29)24-34(45)40-28-14-20-42(21-15-28)37(47)49-38(2,3)4/h12-13,22-23,25-26,28-30H,5-11,14-21,24H2,1-4H3,(H,40,45)/t25-/m0/s1. The van der Waals surface area contributed by atoms with Crippen LogP contribution in [0.25, 0.3) is 11.1 Å². The Kier molecular flexibility index (Phi) is 9.65. The first-order valence-electron chi connectivity index (χ1n) is 18.7. The highest BCUT2D eigenvalue weighted by atomic mass is 16.6. The number of hydrogen-bond donors (Lipinski definition) is 1. The number of benzene rings is 1. The summed E-state index contributed by atoms with van der Waals surface area (Å²) in [5.41, 5.74) is 3.81. The van der Waals surface area contributed by atoms with E-state index in [1.807, 2.05) is 27.0 Å². The van der Waals surface area contributed by atoms with Crippen LogP contribution in [0.4, 0.5) is 10.5 Å². The third kappa shape index (κ3) is 7.76. The van der Waals surface area contributed by atoms with Gasteiger partial charge in [-0.25, -0.2) is 4.79 Å². The first-order chi connectivity index (χ1) is 23.5. The minimum absolute atomic E-state index is 0.0498. The van der Waals surface area contributed by atoms with Gasteiger partial charge in [0.25, 0.3) is 0 Å². The second-order valence-corrected chi connectivity index (χ2v) is 16.0. The lowest BCUT2D eigenvalue weighted by Gasteiger charge is -2.38. The molecule has 266 valence electrons. The number of hydrogen-bond acceptors (Lipinski definition) is 7. The Morgan fingerprint density at radius 2 is 1.67 bits per heavy atom. The summed E-state index contributed by atoms with van der Waals surface area (Å²) in [7, 11) is 0. The van der Waals surface area contributed by atoms with Gasteiger partial charge in [-0.1, -0.05) is 0 Å². The summed E-state index contributed by atoms with van der Waals surface area (Å²) < 4.78 is 14.3. The van der Waals surface area contributed by atoms with Crippen LogP contribution in [0.5, 0.6) is 5.75 Å². The zero-order valence-corrected chi connectivity index (χ0v) is 29.8.